The van der Waals surface area contributed by atoms with Crippen molar-refractivity contribution >= 4 is 26.8 Å². The number of hydrogen-bond acceptors (Lipinski definition) is 6. The Kier molecular flexibility index (Phi) is 6.41. The van der Waals surface area contributed by atoms with Crippen LogP contribution < -0.4 is 9.46 Å². The number of ether oxygens (including phenoxy) is 2. The number of fused-ring (bicyclic) bond motifs is 1. The standard InChI is InChI=1S/C25H28N2O5S/c1-4-18-11-13-22(31-5-2)20(16-18)25(14-7-15-32-25)24(28)27-33(29,30)23-9-6-8-21-19(23)12-10-17(3)26-21/h6,8-13,16H,4-5,7,14-15H2,1-3H3,(H,27,28)/t25-/m1/s1. The van der Waals surface area contributed by atoms with Crippen molar-refractivity contribution in [3.63, 3.8) is 0 Å². The van der Waals surface area contributed by atoms with E-state index in [1.807, 2.05) is 39.0 Å². The first-order chi connectivity index (χ1) is 15.8. The highest BCUT2D eigenvalue weighted by atomic mass is 32.2. The van der Waals surface area contributed by atoms with E-state index in [9.17, 15) is 13.2 Å². The molecule has 0 spiro atoms. The normalized spacial score (nSPS) is 18.4. The lowest BCUT2D eigenvalue weighted by Gasteiger charge is -2.29. The summed E-state index contributed by atoms with van der Waals surface area (Å²) in [5, 5.41) is 0.452. The number of pyridine rings is 1. The third-order valence-electron chi connectivity index (χ3n) is 5.92. The predicted octanol–water partition coefficient (Wildman–Crippen LogP) is 4.02. The van der Waals surface area contributed by atoms with Gasteiger partial charge in [0, 0.05) is 23.3 Å². The van der Waals surface area contributed by atoms with Crippen LogP contribution in [0.25, 0.3) is 10.9 Å². The summed E-state index contributed by atoms with van der Waals surface area (Å²) in [4.78, 5) is 18.0. The third-order valence-corrected chi connectivity index (χ3v) is 7.31. The van der Waals surface area contributed by atoms with E-state index in [0.717, 1.165) is 17.7 Å². The van der Waals surface area contributed by atoms with Gasteiger partial charge in [0.15, 0.2) is 5.60 Å². The number of benzene rings is 2. The number of amides is 1. The zero-order valence-electron chi connectivity index (χ0n) is 19.1. The van der Waals surface area contributed by atoms with Gasteiger partial charge in [-0.2, -0.15) is 0 Å². The molecular weight excluding hydrogens is 440 g/mol. The summed E-state index contributed by atoms with van der Waals surface area (Å²) in [5.41, 5.74) is 1.45. The number of sulfonamides is 1. The van der Waals surface area contributed by atoms with Crippen molar-refractivity contribution in [2.75, 3.05) is 13.2 Å². The van der Waals surface area contributed by atoms with Crippen LogP contribution in [-0.4, -0.2) is 32.5 Å². The smallest absolute Gasteiger partial charge is 0.270 e. The fourth-order valence-electron chi connectivity index (χ4n) is 4.27. The topological polar surface area (TPSA) is 94.6 Å². The molecule has 7 nitrogen and oxygen atoms in total. The molecule has 4 rings (SSSR count). The molecule has 0 radical (unpaired) electrons. The van der Waals surface area contributed by atoms with E-state index >= 15 is 0 Å². The first-order valence-corrected chi connectivity index (χ1v) is 12.6. The van der Waals surface area contributed by atoms with Crippen LogP contribution in [0.5, 0.6) is 5.75 Å². The lowest BCUT2D eigenvalue weighted by atomic mass is 9.88. The Balaban J connectivity index is 1.77. The molecule has 3 aromatic rings. The van der Waals surface area contributed by atoms with Crippen molar-refractivity contribution in [3.8, 4) is 5.75 Å². The van der Waals surface area contributed by atoms with Crippen LogP contribution in [0, 0.1) is 6.92 Å². The van der Waals surface area contributed by atoms with Gasteiger partial charge in [0.05, 0.1) is 17.0 Å². The Hall–Kier alpha value is -2.97. The molecular formula is C25H28N2O5S. The molecule has 1 fully saturated rings. The van der Waals surface area contributed by atoms with E-state index in [2.05, 4.69) is 9.71 Å². The van der Waals surface area contributed by atoms with Gasteiger partial charge in [-0.25, -0.2) is 13.1 Å². The molecule has 1 aromatic heterocycles. The molecule has 1 saturated heterocycles. The van der Waals surface area contributed by atoms with Crippen LogP contribution in [0.3, 0.4) is 0 Å². The highest BCUT2D eigenvalue weighted by Crippen LogP contribution is 2.42. The molecule has 33 heavy (non-hydrogen) atoms. The largest absolute Gasteiger partial charge is 0.493 e. The van der Waals surface area contributed by atoms with Gasteiger partial charge in [-0.05, 0) is 75.1 Å². The van der Waals surface area contributed by atoms with Gasteiger partial charge >= 0.3 is 0 Å². The quantitative estimate of drug-likeness (QED) is 0.563. The highest BCUT2D eigenvalue weighted by molar-refractivity contribution is 7.90. The van der Waals surface area contributed by atoms with Crippen molar-refractivity contribution in [1.82, 2.24) is 9.71 Å². The summed E-state index contributed by atoms with van der Waals surface area (Å²) < 4.78 is 40.8. The SMILES string of the molecule is CCOc1ccc(CC)cc1[C@@]1(C(=O)NS(=O)(=O)c2cccc3nc(C)ccc23)CCCO1. The summed E-state index contributed by atoms with van der Waals surface area (Å²) >= 11 is 0. The Morgan fingerprint density at radius 1 is 1.18 bits per heavy atom. The average Bonchev–Trinajstić information content (AvgIpc) is 3.30. The lowest BCUT2D eigenvalue weighted by Crippen LogP contribution is -2.46. The monoisotopic (exact) mass is 468 g/mol. The van der Waals surface area contributed by atoms with E-state index in [-0.39, 0.29) is 4.90 Å². The fourth-order valence-corrected chi connectivity index (χ4v) is 5.51. The minimum Gasteiger partial charge on any atom is -0.493 e. The third kappa shape index (κ3) is 4.32. The highest BCUT2D eigenvalue weighted by Gasteiger charge is 2.48. The Bertz CT molecular complexity index is 1300. The summed E-state index contributed by atoms with van der Waals surface area (Å²) in [6.07, 6.45) is 1.75. The fraction of sp³-hybridized carbons (Fsp3) is 0.360. The first-order valence-electron chi connectivity index (χ1n) is 11.1. The maximum Gasteiger partial charge on any atom is 0.270 e. The number of hydrogen-bond donors (Lipinski definition) is 1. The van der Waals surface area contributed by atoms with Crippen molar-refractivity contribution < 1.29 is 22.7 Å². The maximum absolute atomic E-state index is 13.6. The number of carbonyl (C=O) groups excluding carboxylic acids is 1. The first kappa shape index (κ1) is 23.2. The molecule has 174 valence electrons. The summed E-state index contributed by atoms with van der Waals surface area (Å²) in [5.74, 6) is -0.194. The number of nitrogens with zero attached hydrogens (tertiary/aromatic N) is 1. The van der Waals surface area contributed by atoms with Gasteiger partial charge in [-0.1, -0.05) is 19.1 Å². The molecule has 2 heterocycles. The van der Waals surface area contributed by atoms with Crippen molar-refractivity contribution in [2.45, 2.75) is 50.5 Å². The van der Waals surface area contributed by atoms with Crippen LogP contribution in [-0.2, 0) is 31.6 Å². The molecule has 2 aromatic carbocycles. The predicted molar refractivity (Wildman–Crippen MR) is 126 cm³/mol. The second-order valence-electron chi connectivity index (χ2n) is 8.11. The Morgan fingerprint density at radius 2 is 2.00 bits per heavy atom. The van der Waals surface area contributed by atoms with E-state index < -0.39 is 21.5 Å². The van der Waals surface area contributed by atoms with Crippen LogP contribution in [0.2, 0.25) is 0 Å². The van der Waals surface area contributed by atoms with Crippen LogP contribution in [0.4, 0.5) is 0 Å². The second-order valence-corrected chi connectivity index (χ2v) is 9.76. The molecule has 0 aliphatic carbocycles. The summed E-state index contributed by atoms with van der Waals surface area (Å²) in [6.45, 7) is 6.48. The number of nitrogens with one attached hydrogen (secondary N) is 1. The van der Waals surface area contributed by atoms with Gasteiger partial charge in [-0.3, -0.25) is 9.78 Å². The minimum absolute atomic E-state index is 0.00124. The van der Waals surface area contributed by atoms with Crippen molar-refractivity contribution in [2.24, 2.45) is 0 Å². The zero-order chi connectivity index (χ0) is 23.6. The number of aryl methyl sites for hydroxylation is 2. The molecule has 1 amide bonds. The molecule has 1 aliphatic rings. The number of carbonyl (C=O) groups is 1. The van der Waals surface area contributed by atoms with Crippen molar-refractivity contribution in [1.29, 1.82) is 0 Å². The van der Waals surface area contributed by atoms with Gasteiger partial charge in [0.2, 0.25) is 0 Å². The average molecular weight is 469 g/mol. The molecule has 1 atom stereocenters. The summed E-state index contributed by atoms with van der Waals surface area (Å²) in [6, 6.07) is 13.9. The van der Waals surface area contributed by atoms with E-state index in [4.69, 9.17) is 9.47 Å². The van der Waals surface area contributed by atoms with Crippen LogP contribution >= 0.6 is 0 Å². The molecule has 0 unspecified atom stereocenters. The Labute approximate surface area is 194 Å². The maximum atomic E-state index is 13.6. The van der Waals surface area contributed by atoms with Crippen LogP contribution in [0.1, 0.15) is 43.5 Å². The molecule has 1 N–H and O–H groups in total. The lowest BCUT2D eigenvalue weighted by molar-refractivity contribution is -0.140. The van der Waals surface area contributed by atoms with E-state index in [1.54, 1.807) is 24.3 Å². The van der Waals surface area contributed by atoms with Gasteiger partial charge < -0.3 is 9.47 Å². The van der Waals surface area contributed by atoms with E-state index in [1.165, 1.54) is 6.07 Å². The van der Waals surface area contributed by atoms with E-state index in [0.29, 0.717) is 48.3 Å². The Morgan fingerprint density at radius 3 is 2.70 bits per heavy atom. The van der Waals surface area contributed by atoms with Gasteiger partial charge in [0.1, 0.15) is 5.75 Å². The molecule has 0 bridgehead atoms. The number of aromatic nitrogens is 1. The van der Waals surface area contributed by atoms with Crippen LogP contribution in [0.15, 0.2) is 53.4 Å². The molecule has 0 saturated carbocycles. The van der Waals surface area contributed by atoms with Crippen molar-refractivity contribution in [3.05, 3.63) is 65.4 Å². The summed E-state index contributed by atoms with van der Waals surface area (Å²) in [7, 11) is -4.18. The second kappa shape index (κ2) is 9.11. The zero-order valence-corrected chi connectivity index (χ0v) is 19.9. The number of rotatable bonds is 7. The minimum atomic E-state index is -4.18. The van der Waals surface area contributed by atoms with Gasteiger partial charge in [0.25, 0.3) is 15.9 Å². The molecule has 8 heteroatoms. The molecule has 1 aliphatic heterocycles. The van der Waals surface area contributed by atoms with Gasteiger partial charge in [-0.15, -0.1) is 0 Å².